The number of nitriles is 1. The molecule has 2 saturated carbocycles. The van der Waals surface area contributed by atoms with E-state index in [9.17, 15) is 10.1 Å². The fourth-order valence-electron chi connectivity index (χ4n) is 9.47. The number of carbonyl (C=O) groups is 1. The van der Waals surface area contributed by atoms with Crippen LogP contribution in [0.4, 0.5) is 4.39 Å². The highest BCUT2D eigenvalue weighted by Gasteiger charge is 2.51. The molecule has 5 aliphatic rings. The number of hydrogen-bond acceptors (Lipinski definition) is 5. The molecule has 3 saturated heterocycles. The predicted octanol–water partition coefficient (Wildman–Crippen LogP) is 9.49. The maximum absolute atomic E-state index is 17.2. The normalized spacial score (nSPS) is 23.6. The van der Waals surface area contributed by atoms with E-state index in [1.54, 1.807) is 18.2 Å². The van der Waals surface area contributed by atoms with Gasteiger partial charge in [0.2, 0.25) is 5.91 Å². The van der Waals surface area contributed by atoms with Gasteiger partial charge < -0.3 is 19.5 Å². The number of likely N-dealkylation sites (tertiary alicyclic amines) is 1. The molecule has 1 amide bonds. The van der Waals surface area contributed by atoms with Crippen LogP contribution in [0.3, 0.4) is 0 Å². The molecule has 5 fully saturated rings. The molecule has 5 unspecified atom stereocenters. The lowest BCUT2D eigenvalue weighted by Gasteiger charge is -2.39. The van der Waals surface area contributed by atoms with Crippen molar-refractivity contribution in [2.45, 2.75) is 90.1 Å². The quantitative estimate of drug-likeness (QED) is 0.162. The summed E-state index contributed by atoms with van der Waals surface area (Å²) in [6, 6.07) is 18.4. The van der Waals surface area contributed by atoms with E-state index in [2.05, 4.69) is 59.0 Å². The van der Waals surface area contributed by atoms with Crippen LogP contribution in [0.1, 0.15) is 77.8 Å². The van der Waals surface area contributed by atoms with Gasteiger partial charge in [0.05, 0.1) is 46.4 Å². The number of amides is 1. The van der Waals surface area contributed by atoms with Crippen LogP contribution in [0.15, 0.2) is 48.5 Å². The number of fused-ring (bicyclic) bond motifs is 4. The van der Waals surface area contributed by atoms with E-state index in [0.29, 0.717) is 59.0 Å². The molecule has 7 nitrogen and oxygen atoms in total. The summed E-state index contributed by atoms with van der Waals surface area (Å²) in [5.41, 5.74) is 8.03. The standard InChI is InChI=1S/C43H42Cl2FN5O2/c1-22-12-23(2)14-25(13-22)21-53-29-17-35(50(20-29)43(52)26-9-10-26)36-18-31-24(3)49-40-32(42(31)51(36)41-28-16-34(41)48-19-28)15-27(6-5-11-47)37(39(40)46)30-7-4-8-33(44)38(30)45/h4,7-8,12-15,18,26,28-29,34-35,41,48H,5-6,9-10,16-17,19-21H2,1-3H3. The van der Waals surface area contributed by atoms with Gasteiger partial charge in [0.15, 0.2) is 5.82 Å². The first kappa shape index (κ1) is 34.7. The van der Waals surface area contributed by atoms with Gasteiger partial charge in [-0.1, -0.05) is 64.7 Å². The molecule has 0 radical (unpaired) electrons. The van der Waals surface area contributed by atoms with Gasteiger partial charge in [-0.25, -0.2) is 9.37 Å². The van der Waals surface area contributed by atoms with Gasteiger partial charge in [0.1, 0.15) is 5.52 Å². The van der Waals surface area contributed by atoms with E-state index in [4.69, 9.17) is 32.9 Å². The maximum atomic E-state index is 17.2. The molecule has 2 aliphatic carbocycles. The first-order valence-corrected chi connectivity index (χ1v) is 19.6. The molecule has 10 rings (SSSR count). The molecule has 1 N–H and O–H groups in total. The Hall–Kier alpha value is -4.00. The second-order valence-electron chi connectivity index (χ2n) is 15.7. The highest BCUT2D eigenvalue weighted by Crippen LogP contribution is 2.51. The first-order valence-electron chi connectivity index (χ1n) is 18.8. The lowest BCUT2D eigenvalue weighted by atomic mass is 9.79. The van der Waals surface area contributed by atoms with Crippen molar-refractivity contribution in [3.8, 4) is 17.2 Å². The Morgan fingerprint density at radius 2 is 1.87 bits per heavy atom. The van der Waals surface area contributed by atoms with Gasteiger partial charge in [-0.05, 0) is 81.7 Å². The minimum atomic E-state index is -0.472. The first-order chi connectivity index (χ1) is 25.6. The van der Waals surface area contributed by atoms with E-state index in [1.807, 2.05) is 13.0 Å². The van der Waals surface area contributed by atoms with Crippen LogP contribution < -0.4 is 5.32 Å². The largest absolute Gasteiger partial charge is 0.372 e. The number of hydrogen-bond donors (Lipinski definition) is 1. The number of ether oxygens (including phenoxy) is 1. The zero-order valence-electron chi connectivity index (χ0n) is 30.2. The van der Waals surface area contributed by atoms with E-state index < -0.39 is 5.82 Å². The molecule has 10 heteroatoms. The van der Waals surface area contributed by atoms with E-state index in [-0.39, 0.29) is 53.0 Å². The summed E-state index contributed by atoms with van der Waals surface area (Å²) in [7, 11) is 0. The minimum Gasteiger partial charge on any atom is -0.372 e. The van der Waals surface area contributed by atoms with Crippen LogP contribution >= 0.6 is 23.2 Å². The number of aryl methyl sites for hydroxylation is 4. The third-order valence-corrected chi connectivity index (χ3v) is 12.8. The third-order valence-electron chi connectivity index (χ3n) is 12.0. The maximum Gasteiger partial charge on any atom is 0.226 e. The molecule has 5 atom stereocenters. The van der Waals surface area contributed by atoms with E-state index in [0.717, 1.165) is 53.7 Å². The van der Waals surface area contributed by atoms with Gasteiger partial charge in [0, 0.05) is 71.2 Å². The average Bonchev–Trinajstić information content (AvgIpc) is 3.42. The van der Waals surface area contributed by atoms with Crippen molar-refractivity contribution in [2.24, 2.45) is 11.8 Å². The lowest BCUT2D eigenvalue weighted by molar-refractivity contribution is -0.134. The van der Waals surface area contributed by atoms with Crippen LogP contribution in [-0.4, -0.2) is 45.6 Å². The third kappa shape index (κ3) is 5.92. The number of nitrogens with zero attached hydrogens (tertiary/aromatic N) is 4. The van der Waals surface area contributed by atoms with Gasteiger partial charge in [-0.3, -0.25) is 4.79 Å². The summed E-state index contributed by atoms with van der Waals surface area (Å²) in [5.74, 6) is 0.218. The van der Waals surface area contributed by atoms with Crippen LogP contribution in [0.5, 0.6) is 0 Å². The molecule has 5 aromatic rings. The van der Waals surface area contributed by atoms with Crippen LogP contribution in [0.2, 0.25) is 10.0 Å². The molecule has 53 heavy (non-hydrogen) atoms. The van der Waals surface area contributed by atoms with Crippen LogP contribution in [0, 0.1) is 49.8 Å². The number of rotatable bonds is 9. The van der Waals surface area contributed by atoms with Crippen molar-refractivity contribution >= 4 is 50.9 Å². The highest BCUT2D eigenvalue weighted by atomic mass is 35.5. The zero-order valence-corrected chi connectivity index (χ0v) is 31.7. The van der Waals surface area contributed by atoms with Crippen molar-refractivity contribution in [3.63, 3.8) is 0 Å². The number of aromatic nitrogens is 2. The molecule has 3 aliphatic heterocycles. The van der Waals surface area contributed by atoms with Gasteiger partial charge in [-0.15, -0.1) is 0 Å². The summed E-state index contributed by atoms with van der Waals surface area (Å²) in [5, 5.41) is 15.6. The number of halogens is 3. The smallest absolute Gasteiger partial charge is 0.226 e. The molecule has 0 spiro atoms. The van der Waals surface area contributed by atoms with Crippen LogP contribution in [0.25, 0.3) is 32.9 Å². The van der Waals surface area contributed by atoms with E-state index in [1.165, 1.54) is 11.1 Å². The number of carbonyl (C=O) groups excluding carboxylic acids is 1. The zero-order chi connectivity index (χ0) is 36.7. The fraction of sp³-hybridized carbons (Fsp3) is 0.419. The summed E-state index contributed by atoms with van der Waals surface area (Å²) in [6.45, 7) is 8.10. The second kappa shape index (κ2) is 13.4. The molecule has 2 aromatic heterocycles. The predicted molar refractivity (Wildman–Crippen MR) is 207 cm³/mol. The number of benzene rings is 3. The lowest BCUT2D eigenvalue weighted by Crippen LogP contribution is -2.41. The van der Waals surface area contributed by atoms with Crippen molar-refractivity contribution in [1.29, 1.82) is 5.26 Å². The van der Waals surface area contributed by atoms with Gasteiger partial charge in [-0.2, -0.15) is 5.26 Å². The summed E-state index contributed by atoms with van der Waals surface area (Å²) in [4.78, 5) is 21.1. The molecular weight excluding hydrogens is 708 g/mol. The molecule has 5 heterocycles. The van der Waals surface area contributed by atoms with Crippen LogP contribution in [-0.2, 0) is 22.6 Å². The summed E-state index contributed by atoms with van der Waals surface area (Å²) >= 11 is 13.1. The number of pyridine rings is 1. The Kier molecular flexibility index (Phi) is 8.78. The van der Waals surface area contributed by atoms with Crippen molar-refractivity contribution in [1.82, 2.24) is 19.8 Å². The fourth-order valence-corrected chi connectivity index (χ4v) is 9.87. The van der Waals surface area contributed by atoms with Crippen molar-refractivity contribution < 1.29 is 13.9 Å². The van der Waals surface area contributed by atoms with E-state index >= 15 is 4.39 Å². The Bertz CT molecular complexity index is 2330. The number of nitrogens with one attached hydrogen (secondary N) is 1. The average molecular weight is 751 g/mol. The topological polar surface area (TPSA) is 83.2 Å². The van der Waals surface area contributed by atoms with Gasteiger partial charge >= 0.3 is 0 Å². The summed E-state index contributed by atoms with van der Waals surface area (Å²) < 4.78 is 26.3. The Morgan fingerprint density at radius 1 is 1.08 bits per heavy atom. The Labute approximate surface area is 319 Å². The Balaban J connectivity index is 1.22. The SMILES string of the molecule is Cc1cc(C)cc(COC2CC(c3cc4c(C)nc5c(F)c(-c6cccc(Cl)c6Cl)c(CCC#N)cc5c4n3C3C4CNC3C4)N(C(=O)C3CC3)C2)c1. The molecular formula is C43H42Cl2FN5O2. The molecule has 2 bridgehead atoms. The second-order valence-corrected chi connectivity index (χ2v) is 16.5. The van der Waals surface area contributed by atoms with Gasteiger partial charge in [0.25, 0.3) is 0 Å². The molecule has 272 valence electrons. The molecule has 3 aromatic carbocycles. The minimum absolute atomic E-state index is 0.0628. The van der Waals surface area contributed by atoms with Crippen molar-refractivity contribution in [2.75, 3.05) is 13.1 Å². The monoisotopic (exact) mass is 749 g/mol. The Morgan fingerprint density at radius 3 is 2.57 bits per heavy atom. The highest BCUT2D eigenvalue weighted by molar-refractivity contribution is 6.43. The van der Waals surface area contributed by atoms with Crippen molar-refractivity contribution in [3.05, 3.63) is 98.0 Å². The summed E-state index contributed by atoms with van der Waals surface area (Å²) in [6.07, 6.45) is 4.04.